The van der Waals surface area contributed by atoms with Crippen molar-refractivity contribution in [1.82, 2.24) is 4.90 Å². The molecule has 2 heterocycles. The molecule has 6 rings (SSSR count). The van der Waals surface area contributed by atoms with E-state index in [0.717, 1.165) is 40.0 Å². The molecule has 2 aromatic carbocycles. The van der Waals surface area contributed by atoms with Crippen molar-refractivity contribution >= 4 is 52.5 Å². The van der Waals surface area contributed by atoms with E-state index in [-0.39, 0.29) is 18.4 Å². The summed E-state index contributed by atoms with van der Waals surface area (Å²) in [4.78, 5) is 52.2. The van der Waals surface area contributed by atoms with Crippen molar-refractivity contribution in [2.24, 2.45) is 17.8 Å². The third-order valence-corrected chi connectivity index (χ3v) is 10.6. The lowest BCUT2D eigenvalue weighted by Gasteiger charge is -2.50. The van der Waals surface area contributed by atoms with Gasteiger partial charge in [0.15, 0.2) is 9.75 Å². The molecule has 2 aliphatic carbocycles. The number of alkyl halides is 5. The first-order chi connectivity index (χ1) is 20.1. The van der Waals surface area contributed by atoms with Gasteiger partial charge in [0.2, 0.25) is 11.8 Å². The number of imide groups is 2. The van der Waals surface area contributed by atoms with Crippen LogP contribution in [-0.4, -0.2) is 56.8 Å². The number of likely N-dealkylation sites (tertiary alicyclic amines) is 1. The van der Waals surface area contributed by atoms with E-state index in [1.165, 1.54) is 7.05 Å². The second-order valence-electron chi connectivity index (χ2n) is 11.3. The molecule has 1 saturated carbocycles. The number of fused-ring (bicyclic) bond motifs is 4. The minimum Gasteiger partial charge on any atom is -0.508 e. The van der Waals surface area contributed by atoms with Gasteiger partial charge in [-0.1, -0.05) is 30.7 Å². The van der Waals surface area contributed by atoms with Crippen LogP contribution in [0.3, 0.4) is 0 Å². The largest absolute Gasteiger partial charge is 0.573 e. The zero-order valence-electron chi connectivity index (χ0n) is 22.8. The molecule has 0 radical (unpaired) electrons. The van der Waals surface area contributed by atoms with E-state index in [1.54, 1.807) is 18.2 Å². The Bertz CT molecular complexity index is 1610. The van der Waals surface area contributed by atoms with Crippen LogP contribution in [0.2, 0.25) is 0 Å². The van der Waals surface area contributed by atoms with E-state index < -0.39 is 74.9 Å². The highest BCUT2D eigenvalue weighted by atomic mass is 35.5. The van der Waals surface area contributed by atoms with Crippen LogP contribution in [0.5, 0.6) is 11.5 Å². The lowest BCUT2D eigenvalue weighted by molar-refractivity contribution is -0.274. The molecule has 0 spiro atoms. The van der Waals surface area contributed by atoms with Crippen molar-refractivity contribution < 1.29 is 42.2 Å². The maximum atomic E-state index is 14.0. The van der Waals surface area contributed by atoms with Crippen LogP contribution in [-0.2, 0) is 25.6 Å². The SMILES string of the molecule is CCc1ccc(N2C(=O)C3CC=C4C(CC5(Cl)C(=O)N(C)C(=O)C5(Cl)C4c4cc(OC(F)(F)F)ccc4O)C3C2=O)cc1. The number of hydrogen-bond donors (Lipinski definition) is 1. The number of rotatable bonds is 4. The number of aryl methyl sites for hydroxylation is 1. The normalized spacial score (nSPS) is 32.0. The number of ether oxygens (including phenoxy) is 1. The number of benzene rings is 2. The van der Waals surface area contributed by atoms with Gasteiger partial charge in [-0.15, -0.1) is 36.4 Å². The smallest absolute Gasteiger partial charge is 0.508 e. The lowest BCUT2D eigenvalue weighted by atomic mass is 9.56. The molecule has 2 saturated heterocycles. The van der Waals surface area contributed by atoms with Gasteiger partial charge in [-0.25, -0.2) is 0 Å². The lowest BCUT2D eigenvalue weighted by Crippen LogP contribution is -2.60. The van der Waals surface area contributed by atoms with Crippen LogP contribution < -0.4 is 9.64 Å². The first-order valence-corrected chi connectivity index (χ1v) is 14.4. The molecule has 3 fully saturated rings. The molecule has 8 nitrogen and oxygen atoms in total. The molecule has 4 aliphatic rings. The highest BCUT2D eigenvalue weighted by molar-refractivity contribution is 6.53. The number of aromatic hydroxyl groups is 1. The van der Waals surface area contributed by atoms with Gasteiger partial charge in [0.05, 0.1) is 17.5 Å². The molecular weight excluding hydrogens is 612 g/mol. The van der Waals surface area contributed by atoms with Crippen molar-refractivity contribution in [3.05, 3.63) is 65.2 Å². The summed E-state index contributed by atoms with van der Waals surface area (Å²) in [5, 5.41) is 10.9. The number of carbonyl (C=O) groups excluding carboxylic acids is 4. The Balaban J connectivity index is 1.50. The van der Waals surface area contributed by atoms with Crippen molar-refractivity contribution in [3.8, 4) is 11.5 Å². The summed E-state index contributed by atoms with van der Waals surface area (Å²) in [6, 6.07) is 9.71. The van der Waals surface area contributed by atoms with Crippen LogP contribution in [0, 0.1) is 17.8 Å². The molecule has 6 unspecified atom stereocenters. The van der Waals surface area contributed by atoms with Crippen molar-refractivity contribution in [2.75, 3.05) is 11.9 Å². The molecule has 4 amide bonds. The summed E-state index contributed by atoms with van der Waals surface area (Å²) in [6.07, 6.45) is -2.92. The first-order valence-electron chi connectivity index (χ1n) is 13.6. The molecule has 0 bridgehead atoms. The quantitative estimate of drug-likeness (QED) is 0.286. The fourth-order valence-electron chi connectivity index (χ4n) is 7.19. The molecule has 43 heavy (non-hydrogen) atoms. The fraction of sp³-hybridized carbons (Fsp3) is 0.400. The van der Waals surface area contributed by atoms with E-state index >= 15 is 0 Å². The van der Waals surface area contributed by atoms with Crippen LogP contribution in [0.1, 0.15) is 36.8 Å². The number of carbonyl (C=O) groups is 4. The number of anilines is 1. The van der Waals surface area contributed by atoms with E-state index in [0.29, 0.717) is 11.3 Å². The maximum Gasteiger partial charge on any atom is 0.573 e. The Morgan fingerprint density at radius 1 is 1.00 bits per heavy atom. The van der Waals surface area contributed by atoms with Crippen LogP contribution >= 0.6 is 23.2 Å². The van der Waals surface area contributed by atoms with Gasteiger partial charge in [0.25, 0.3) is 11.8 Å². The zero-order chi connectivity index (χ0) is 31.2. The van der Waals surface area contributed by atoms with Crippen molar-refractivity contribution in [1.29, 1.82) is 0 Å². The second kappa shape index (κ2) is 9.72. The summed E-state index contributed by atoms with van der Waals surface area (Å²) in [5.74, 6) is -8.10. The first kappa shape index (κ1) is 29.5. The minimum absolute atomic E-state index is 0.0564. The van der Waals surface area contributed by atoms with Gasteiger partial charge in [-0.3, -0.25) is 29.0 Å². The zero-order valence-corrected chi connectivity index (χ0v) is 24.3. The number of amides is 4. The van der Waals surface area contributed by atoms with Crippen LogP contribution in [0.15, 0.2) is 54.1 Å². The number of hydrogen-bond acceptors (Lipinski definition) is 6. The molecule has 226 valence electrons. The highest BCUT2D eigenvalue weighted by Gasteiger charge is 2.76. The Morgan fingerprint density at radius 3 is 2.30 bits per heavy atom. The van der Waals surface area contributed by atoms with Gasteiger partial charge in [-0.05, 0) is 61.1 Å². The van der Waals surface area contributed by atoms with Crippen molar-refractivity contribution in [2.45, 2.75) is 48.2 Å². The Kier molecular flexibility index (Phi) is 6.67. The average Bonchev–Trinajstić information content (AvgIpc) is 3.28. The van der Waals surface area contributed by atoms with Gasteiger partial charge in [-0.2, -0.15) is 0 Å². The van der Waals surface area contributed by atoms with Gasteiger partial charge in [0.1, 0.15) is 11.5 Å². The van der Waals surface area contributed by atoms with Gasteiger partial charge >= 0.3 is 6.36 Å². The number of halogens is 5. The predicted molar refractivity (Wildman–Crippen MR) is 149 cm³/mol. The van der Waals surface area contributed by atoms with E-state index in [4.69, 9.17) is 23.2 Å². The molecule has 2 aliphatic heterocycles. The molecule has 13 heteroatoms. The van der Waals surface area contributed by atoms with Gasteiger partial charge < -0.3 is 9.84 Å². The third-order valence-electron chi connectivity index (χ3n) is 9.16. The van der Waals surface area contributed by atoms with Crippen molar-refractivity contribution in [3.63, 3.8) is 0 Å². The van der Waals surface area contributed by atoms with Crippen LogP contribution in [0.25, 0.3) is 0 Å². The molecular formula is C30H25Cl2F3N2O6. The number of allylic oxidation sites excluding steroid dienone is 2. The number of nitrogens with zero attached hydrogens (tertiary/aromatic N) is 2. The van der Waals surface area contributed by atoms with Gasteiger partial charge in [0, 0.05) is 18.5 Å². The fourth-order valence-corrected chi connectivity index (χ4v) is 8.20. The summed E-state index contributed by atoms with van der Waals surface area (Å²) < 4.78 is 43.4. The van der Waals surface area contributed by atoms with E-state index in [1.807, 2.05) is 19.1 Å². The topological polar surface area (TPSA) is 104 Å². The molecule has 2 aromatic rings. The Labute approximate surface area is 254 Å². The Morgan fingerprint density at radius 2 is 1.67 bits per heavy atom. The summed E-state index contributed by atoms with van der Waals surface area (Å²) in [5.41, 5.74) is 1.47. The maximum absolute atomic E-state index is 14.0. The third kappa shape index (κ3) is 4.11. The monoisotopic (exact) mass is 636 g/mol. The summed E-state index contributed by atoms with van der Waals surface area (Å²) >= 11 is 14.1. The second-order valence-corrected chi connectivity index (χ2v) is 12.5. The van der Waals surface area contributed by atoms with E-state index in [9.17, 15) is 37.5 Å². The average molecular weight is 637 g/mol. The standard InChI is InChI=1S/C30H25Cl2F3N2O6/c1-3-14-4-6-15(7-5-14)37-24(39)18-10-9-17-20(22(18)25(37)40)13-28(31)26(41)36(2)27(42)29(28,32)23(17)19-12-16(8-11-21(19)38)43-30(33,34)35/h4-9,11-12,18,20,22-23,38H,3,10,13H2,1-2H3. The minimum atomic E-state index is -5.07. The summed E-state index contributed by atoms with van der Waals surface area (Å²) in [6.45, 7) is 1.97. The van der Waals surface area contributed by atoms with E-state index in [2.05, 4.69) is 4.74 Å². The summed E-state index contributed by atoms with van der Waals surface area (Å²) in [7, 11) is 1.18. The molecule has 1 N–H and O–H groups in total. The van der Waals surface area contributed by atoms with Crippen LogP contribution in [0.4, 0.5) is 18.9 Å². The number of phenolic OH excluding ortho intramolecular Hbond substituents is 1. The Hall–Kier alpha value is -3.57. The molecule has 0 aromatic heterocycles. The molecule has 6 atom stereocenters. The number of phenols is 1. The highest BCUT2D eigenvalue weighted by Crippen LogP contribution is 2.66. The predicted octanol–water partition coefficient (Wildman–Crippen LogP) is 5.05.